The number of fused-ring (bicyclic) bond motifs is 1. The third-order valence-electron chi connectivity index (χ3n) is 6.16. The summed E-state index contributed by atoms with van der Waals surface area (Å²) in [5.74, 6) is 0.772. The Kier molecular flexibility index (Phi) is 5.13. The summed E-state index contributed by atoms with van der Waals surface area (Å²) >= 11 is 0. The van der Waals surface area contributed by atoms with Gasteiger partial charge in [-0.1, -0.05) is 60.7 Å². The van der Waals surface area contributed by atoms with E-state index in [2.05, 4.69) is 0 Å². The molecule has 0 unspecified atom stereocenters. The van der Waals surface area contributed by atoms with Crippen LogP contribution in [0.15, 0.2) is 84.9 Å². The molecule has 1 N–H and O–H groups in total. The van der Waals surface area contributed by atoms with Gasteiger partial charge in [0, 0.05) is 24.0 Å². The molecule has 0 radical (unpaired) electrons. The summed E-state index contributed by atoms with van der Waals surface area (Å²) in [6.07, 6.45) is 1.84. The summed E-state index contributed by atoms with van der Waals surface area (Å²) in [6.45, 7) is 1.45. The molecular formula is C27H24N2O2. The van der Waals surface area contributed by atoms with Gasteiger partial charge in [0.05, 0.1) is 16.8 Å². The SMILES string of the molecule is O=C(c1cc(-c2ccccc2)nc2ccccc12)N1CCC(c2ccc(O)cc2)CC1. The summed E-state index contributed by atoms with van der Waals surface area (Å²) in [4.78, 5) is 20.3. The lowest BCUT2D eigenvalue weighted by molar-refractivity contribution is 0.0715. The Labute approximate surface area is 181 Å². The molecule has 0 atom stereocenters. The van der Waals surface area contributed by atoms with Gasteiger partial charge in [0.1, 0.15) is 5.75 Å². The maximum absolute atomic E-state index is 13.6. The molecule has 1 aliphatic heterocycles. The first-order valence-electron chi connectivity index (χ1n) is 10.7. The summed E-state index contributed by atoms with van der Waals surface area (Å²) in [6, 6.07) is 27.3. The number of hydrogen-bond donors (Lipinski definition) is 1. The minimum absolute atomic E-state index is 0.0694. The predicted molar refractivity (Wildman–Crippen MR) is 123 cm³/mol. The van der Waals surface area contributed by atoms with Crippen molar-refractivity contribution >= 4 is 16.8 Å². The smallest absolute Gasteiger partial charge is 0.254 e. The number of rotatable bonds is 3. The molecule has 5 rings (SSSR count). The van der Waals surface area contributed by atoms with Gasteiger partial charge in [-0.15, -0.1) is 0 Å². The first-order valence-corrected chi connectivity index (χ1v) is 10.7. The standard InChI is InChI=1S/C27H24N2O2/c30-22-12-10-19(11-13-22)20-14-16-29(17-15-20)27(31)24-18-26(21-6-2-1-3-7-21)28-25-9-5-4-8-23(24)25/h1-13,18,20,30H,14-17H2. The van der Waals surface area contributed by atoms with Gasteiger partial charge in [-0.05, 0) is 48.6 Å². The van der Waals surface area contributed by atoms with Crippen LogP contribution in [0.5, 0.6) is 5.75 Å². The number of nitrogens with zero attached hydrogens (tertiary/aromatic N) is 2. The van der Waals surface area contributed by atoms with E-state index in [0.717, 1.165) is 48.1 Å². The zero-order valence-electron chi connectivity index (χ0n) is 17.2. The lowest BCUT2D eigenvalue weighted by Gasteiger charge is -2.32. The number of benzene rings is 3. The lowest BCUT2D eigenvalue weighted by atomic mass is 9.89. The Morgan fingerprint density at radius 1 is 0.871 bits per heavy atom. The third-order valence-corrected chi connectivity index (χ3v) is 6.16. The molecule has 154 valence electrons. The van der Waals surface area contributed by atoms with Crippen LogP contribution < -0.4 is 0 Å². The quantitative estimate of drug-likeness (QED) is 0.478. The van der Waals surface area contributed by atoms with Gasteiger partial charge >= 0.3 is 0 Å². The van der Waals surface area contributed by atoms with Crippen LogP contribution in [-0.2, 0) is 0 Å². The van der Waals surface area contributed by atoms with Gasteiger partial charge < -0.3 is 10.0 Å². The van der Waals surface area contributed by atoms with Crippen LogP contribution in [0.25, 0.3) is 22.2 Å². The molecule has 4 heteroatoms. The highest BCUT2D eigenvalue weighted by Crippen LogP contribution is 2.31. The number of para-hydroxylation sites is 1. The highest BCUT2D eigenvalue weighted by Gasteiger charge is 2.26. The van der Waals surface area contributed by atoms with Gasteiger partial charge in [-0.25, -0.2) is 4.98 Å². The second-order valence-corrected chi connectivity index (χ2v) is 8.10. The van der Waals surface area contributed by atoms with E-state index in [1.54, 1.807) is 12.1 Å². The average molecular weight is 409 g/mol. The monoisotopic (exact) mass is 408 g/mol. The Bertz CT molecular complexity index is 1210. The van der Waals surface area contributed by atoms with Gasteiger partial charge in [-0.3, -0.25) is 4.79 Å². The van der Waals surface area contributed by atoms with Crippen molar-refractivity contribution in [3.05, 3.63) is 96.1 Å². The van der Waals surface area contributed by atoms with Crippen molar-refractivity contribution in [3.63, 3.8) is 0 Å². The zero-order chi connectivity index (χ0) is 21.2. The van der Waals surface area contributed by atoms with Gasteiger partial charge in [0.2, 0.25) is 0 Å². The zero-order valence-corrected chi connectivity index (χ0v) is 17.2. The molecule has 2 heterocycles. The van der Waals surface area contributed by atoms with E-state index in [9.17, 15) is 9.90 Å². The number of piperidine rings is 1. The molecule has 0 spiro atoms. The highest BCUT2D eigenvalue weighted by molar-refractivity contribution is 6.07. The molecule has 1 fully saturated rings. The molecule has 0 bridgehead atoms. The minimum atomic E-state index is 0.0694. The summed E-state index contributed by atoms with van der Waals surface area (Å²) < 4.78 is 0. The Morgan fingerprint density at radius 3 is 2.29 bits per heavy atom. The highest BCUT2D eigenvalue weighted by atomic mass is 16.3. The Morgan fingerprint density at radius 2 is 1.55 bits per heavy atom. The molecule has 3 aromatic carbocycles. The number of aromatic hydroxyl groups is 1. The van der Waals surface area contributed by atoms with Gasteiger partial charge in [0.25, 0.3) is 5.91 Å². The number of hydrogen-bond acceptors (Lipinski definition) is 3. The van der Waals surface area contributed by atoms with Crippen LogP contribution in [-0.4, -0.2) is 34.0 Å². The van der Waals surface area contributed by atoms with Crippen molar-refractivity contribution in [1.82, 2.24) is 9.88 Å². The molecule has 31 heavy (non-hydrogen) atoms. The minimum Gasteiger partial charge on any atom is -0.508 e. The van der Waals surface area contributed by atoms with E-state index in [4.69, 9.17) is 4.98 Å². The normalized spacial score (nSPS) is 14.6. The molecule has 1 saturated heterocycles. The number of carbonyl (C=O) groups is 1. The number of phenolic OH excluding ortho intramolecular Hbond substituents is 1. The van der Waals surface area contributed by atoms with Crippen LogP contribution >= 0.6 is 0 Å². The van der Waals surface area contributed by atoms with E-state index in [-0.39, 0.29) is 11.7 Å². The molecule has 1 aromatic heterocycles. The van der Waals surface area contributed by atoms with E-state index in [0.29, 0.717) is 11.5 Å². The van der Waals surface area contributed by atoms with Gasteiger partial charge in [0.15, 0.2) is 0 Å². The average Bonchev–Trinajstić information content (AvgIpc) is 2.84. The van der Waals surface area contributed by atoms with Gasteiger partial charge in [-0.2, -0.15) is 0 Å². The third kappa shape index (κ3) is 3.89. The second kappa shape index (κ2) is 8.23. The van der Waals surface area contributed by atoms with Crippen LogP contribution in [0.1, 0.15) is 34.7 Å². The van der Waals surface area contributed by atoms with Crippen LogP contribution in [0.3, 0.4) is 0 Å². The van der Waals surface area contributed by atoms with Crippen molar-refractivity contribution in [1.29, 1.82) is 0 Å². The van der Waals surface area contributed by atoms with Crippen LogP contribution in [0, 0.1) is 0 Å². The van der Waals surface area contributed by atoms with Crippen molar-refractivity contribution < 1.29 is 9.90 Å². The van der Waals surface area contributed by atoms with E-state index in [1.165, 1.54) is 5.56 Å². The maximum atomic E-state index is 13.6. The fraction of sp³-hybridized carbons (Fsp3) is 0.185. The molecule has 1 aliphatic rings. The largest absolute Gasteiger partial charge is 0.508 e. The maximum Gasteiger partial charge on any atom is 0.254 e. The van der Waals surface area contributed by atoms with Crippen LogP contribution in [0.4, 0.5) is 0 Å². The van der Waals surface area contributed by atoms with Crippen LogP contribution in [0.2, 0.25) is 0 Å². The summed E-state index contributed by atoms with van der Waals surface area (Å²) in [7, 11) is 0. The van der Waals surface area contributed by atoms with E-state index >= 15 is 0 Å². The molecule has 4 aromatic rings. The summed E-state index contributed by atoms with van der Waals surface area (Å²) in [5, 5.41) is 10.4. The number of likely N-dealkylation sites (tertiary alicyclic amines) is 1. The van der Waals surface area contributed by atoms with Crippen molar-refractivity contribution in [3.8, 4) is 17.0 Å². The molecule has 0 aliphatic carbocycles. The predicted octanol–water partition coefficient (Wildman–Crippen LogP) is 5.63. The molecular weight excluding hydrogens is 384 g/mol. The lowest BCUT2D eigenvalue weighted by Crippen LogP contribution is -2.38. The van der Waals surface area contributed by atoms with E-state index in [1.807, 2.05) is 77.7 Å². The van der Waals surface area contributed by atoms with Crippen molar-refractivity contribution in [2.75, 3.05) is 13.1 Å². The topological polar surface area (TPSA) is 53.4 Å². The number of phenols is 1. The van der Waals surface area contributed by atoms with Crippen molar-refractivity contribution in [2.24, 2.45) is 0 Å². The molecule has 0 saturated carbocycles. The number of aromatic nitrogens is 1. The fourth-order valence-corrected chi connectivity index (χ4v) is 4.44. The van der Waals surface area contributed by atoms with E-state index < -0.39 is 0 Å². The first-order chi connectivity index (χ1) is 15.2. The second-order valence-electron chi connectivity index (χ2n) is 8.10. The number of carbonyl (C=O) groups excluding carboxylic acids is 1. The van der Waals surface area contributed by atoms with Crippen molar-refractivity contribution in [2.45, 2.75) is 18.8 Å². The first kappa shape index (κ1) is 19.3. The molecule has 1 amide bonds. The Hall–Kier alpha value is -3.66. The number of pyridine rings is 1. The Balaban J connectivity index is 1.43. The summed E-state index contributed by atoms with van der Waals surface area (Å²) in [5.41, 5.74) is 4.61. The molecule has 4 nitrogen and oxygen atoms in total. The fourth-order valence-electron chi connectivity index (χ4n) is 4.44. The number of amides is 1.